The number of halogens is 1. The van der Waals surface area contributed by atoms with Crippen molar-refractivity contribution in [2.75, 3.05) is 0 Å². The molecule has 4 aromatic carbocycles. The summed E-state index contributed by atoms with van der Waals surface area (Å²) in [7, 11) is 0. The van der Waals surface area contributed by atoms with E-state index >= 15 is 0 Å². The lowest BCUT2D eigenvalue weighted by atomic mass is 9.94. The third-order valence-corrected chi connectivity index (χ3v) is 7.71. The number of aryl methyl sites for hydroxylation is 1. The zero-order chi connectivity index (χ0) is 27.6. The maximum Gasteiger partial charge on any atom is 0.193 e. The second-order valence-electron chi connectivity index (χ2n) is 9.73. The lowest BCUT2D eigenvalue weighted by molar-refractivity contribution is -0.118. The zero-order valence-electron chi connectivity index (χ0n) is 21.8. The van der Waals surface area contributed by atoms with Crippen LogP contribution in [0.4, 0.5) is 0 Å². The summed E-state index contributed by atoms with van der Waals surface area (Å²) in [6.07, 6.45) is 0.255. The molecule has 6 nitrogen and oxygen atoms in total. The van der Waals surface area contributed by atoms with E-state index < -0.39 is 6.04 Å². The highest BCUT2D eigenvalue weighted by Crippen LogP contribution is 2.33. The van der Waals surface area contributed by atoms with Crippen molar-refractivity contribution in [3.05, 3.63) is 146 Å². The van der Waals surface area contributed by atoms with Crippen LogP contribution in [0.3, 0.4) is 0 Å². The molecular weight excluding hydrogens is 611 g/mol. The van der Waals surface area contributed by atoms with Crippen molar-refractivity contribution in [1.29, 1.82) is 0 Å². The second-order valence-corrected chi connectivity index (χ2v) is 11.0. The van der Waals surface area contributed by atoms with Gasteiger partial charge in [0, 0.05) is 38.7 Å². The fourth-order valence-electron chi connectivity index (χ4n) is 5.17. The van der Waals surface area contributed by atoms with Crippen LogP contribution in [0.5, 0.6) is 0 Å². The Morgan fingerprint density at radius 2 is 1.55 bits per heavy atom. The van der Waals surface area contributed by atoms with E-state index in [0.29, 0.717) is 22.5 Å². The molecule has 2 heterocycles. The maximum absolute atomic E-state index is 13.7. The zero-order valence-corrected chi connectivity index (χ0v) is 23.9. The smallest absolute Gasteiger partial charge is 0.193 e. The summed E-state index contributed by atoms with van der Waals surface area (Å²) in [5.41, 5.74) is 5.53. The summed E-state index contributed by atoms with van der Waals surface area (Å²) < 4.78 is 2.94. The molecule has 7 heteroatoms. The Hall–Kier alpha value is -4.24. The number of para-hydroxylation sites is 1. The molecule has 1 atom stereocenters. The average Bonchev–Trinajstić information content (AvgIpc) is 3.31. The van der Waals surface area contributed by atoms with Crippen molar-refractivity contribution in [3.8, 4) is 5.69 Å². The number of nitrogens with zero attached hydrogens (tertiary/aromatic N) is 4. The molecule has 1 aliphatic rings. The molecule has 0 bridgehead atoms. The number of carbonyl (C=O) groups excluding carboxylic acids is 2. The van der Waals surface area contributed by atoms with Crippen LogP contribution in [0.1, 0.15) is 56.7 Å². The molecule has 196 valence electrons. The lowest BCUT2D eigenvalue weighted by Gasteiger charge is -2.13. The van der Waals surface area contributed by atoms with E-state index in [1.54, 1.807) is 12.1 Å². The molecule has 0 saturated heterocycles. The van der Waals surface area contributed by atoms with Crippen molar-refractivity contribution in [2.24, 2.45) is 4.99 Å². The first-order chi connectivity index (χ1) is 19.5. The van der Waals surface area contributed by atoms with Crippen LogP contribution in [0.2, 0.25) is 0 Å². The van der Waals surface area contributed by atoms with Crippen molar-refractivity contribution < 1.29 is 9.59 Å². The van der Waals surface area contributed by atoms with Crippen molar-refractivity contribution in [2.45, 2.75) is 25.8 Å². The number of hydrogen-bond donors (Lipinski definition) is 0. The minimum absolute atomic E-state index is 0.0253. The Labute approximate surface area is 246 Å². The third kappa shape index (κ3) is 5.04. The van der Waals surface area contributed by atoms with Crippen LogP contribution in [-0.2, 0) is 11.2 Å². The number of Topliss-reactive ketones (excluding diaryl/α,β-unsaturated/α-hetero) is 1. The largest absolute Gasteiger partial charge is 0.299 e. The fourth-order valence-corrected chi connectivity index (χ4v) is 5.66. The number of aliphatic imine (C=N–C) groups is 1. The minimum Gasteiger partial charge on any atom is -0.299 e. The van der Waals surface area contributed by atoms with Gasteiger partial charge < -0.3 is 0 Å². The monoisotopic (exact) mass is 636 g/mol. The lowest BCUT2D eigenvalue weighted by Crippen LogP contribution is -2.15. The molecule has 0 spiro atoms. The summed E-state index contributed by atoms with van der Waals surface area (Å²) in [5, 5.41) is 8.83. The van der Waals surface area contributed by atoms with Crippen LogP contribution < -0.4 is 0 Å². The van der Waals surface area contributed by atoms with E-state index in [1.165, 1.54) is 0 Å². The Morgan fingerprint density at radius 1 is 0.850 bits per heavy atom. The molecule has 1 aliphatic heterocycles. The molecule has 40 heavy (non-hydrogen) atoms. The number of rotatable bonds is 7. The summed E-state index contributed by atoms with van der Waals surface area (Å²) in [6.45, 7) is 1.91. The van der Waals surface area contributed by atoms with Gasteiger partial charge in [-0.2, -0.15) is 0 Å². The molecule has 6 rings (SSSR count). The van der Waals surface area contributed by atoms with E-state index in [-0.39, 0.29) is 24.4 Å². The SMILES string of the molecule is Cc1nnc2n1-c1ccccc1C(c1ccccc1)=NC2CC(=O)Cc1ccc(I)cc1C(=O)c1ccccc1. The van der Waals surface area contributed by atoms with Gasteiger partial charge >= 0.3 is 0 Å². The first-order valence-electron chi connectivity index (χ1n) is 13.0. The van der Waals surface area contributed by atoms with E-state index in [0.717, 1.165) is 31.9 Å². The van der Waals surface area contributed by atoms with Gasteiger partial charge in [0.25, 0.3) is 0 Å². The molecule has 1 aromatic heterocycles. The third-order valence-electron chi connectivity index (χ3n) is 7.04. The molecule has 0 radical (unpaired) electrons. The number of ketones is 2. The van der Waals surface area contributed by atoms with Gasteiger partial charge in [-0.25, -0.2) is 0 Å². The molecule has 0 aliphatic carbocycles. The first kappa shape index (κ1) is 26.0. The summed E-state index contributed by atoms with van der Waals surface area (Å²) in [6, 6.07) is 32.3. The van der Waals surface area contributed by atoms with Gasteiger partial charge in [-0.3, -0.25) is 19.1 Å². The Kier molecular flexibility index (Phi) is 7.21. The molecule has 0 N–H and O–H groups in total. The number of carbonyl (C=O) groups is 2. The van der Waals surface area contributed by atoms with Gasteiger partial charge in [-0.1, -0.05) is 84.9 Å². The normalized spacial score (nSPS) is 14.1. The van der Waals surface area contributed by atoms with E-state index in [1.807, 2.05) is 102 Å². The van der Waals surface area contributed by atoms with Gasteiger partial charge in [0.15, 0.2) is 11.6 Å². The van der Waals surface area contributed by atoms with Crippen LogP contribution in [0, 0.1) is 10.5 Å². The average molecular weight is 636 g/mol. The maximum atomic E-state index is 13.7. The summed E-state index contributed by atoms with van der Waals surface area (Å²) >= 11 is 2.20. The minimum atomic E-state index is -0.534. The predicted octanol–water partition coefficient (Wildman–Crippen LogP) is 6.51. The van der Waals surface area contributed by atoms with E-state index in [2.05, 4.69) is 32.8 Å². The molecule has 0 saturated carbocycles. The Morgan fingerprint density at radius 3 is 2.33 bits per heavy atom. The molecule has 5 aromatic rings. The molecule has 0 amide bonds. The standard InChI is InChI=1S/C33H25IN4O2/c1-21-36-37-33-29(35-31(22-10-4-2-5-11-22)27-14-8-9-15-30(27)38(21)33)20-26(39)18-24-16-17-25(34)19-28(24)32(40)23-12-6-3-7-13-23/h2-17,19,29H,18,20H2,1H3. The van der Waals surface area contributed by atoms with Crippen molar-refractivity contribution in [3.63, 3.8) is 0 Å². The highest BCUT2D eigenvalue weighted by Gasteiger charge is 2.29. The van der Waals surface area contributed by atoms with Gasteiger partial charge in [0.05, 0.1) is 11.4 Å². The Bertz CT molecular complexity index is 1760. The van der Waals surface area contributed by atoms with Crippen LogP contribution >= 0.6 is 22.6 Å². The highest BCUT2D eigenvalue weighted by molar-refractivity contribution is 14.1. The Balaban J connectivity index is 1.37. The van der Waals surface area contributed by atoms with Crippen LogP contribution in [0.15, 0.2) is 108 Å². The van der Waals surface area contributed by atoms with Gasteiger partial charge in [0.1, 0.15) is 17.6 Å². The topological polar surface area (TPSA) is 77.2 Å². The van der Waals surface area contributed by atoms with Gasteiger partial charge in [-0.05, 0) is 53.3 Å². The fraction of sp³-hybridized carbons (Fsp3) is 0.121. The summed E-state index contributed by atoms with van der Waals surface area (Å²) in [4.78, 5) is 32.2. The number of benzene rings is 4. The number of hydrogen-bond acceptors (Lipinski definition) is 5. The van der Waals surface area contributed by atoms with Gasteiger partial charge in [-0.15, -0.1) is 10.2 Å². The van der Waals surface area contributed by atoms with Crippen LogP contribution in [-0.4, -0.2) is 32.0 Å². The highest BCUT2D eigenvalue weighted by atomic mass is 127. The van der Waals surface area contributed by atoms with Crippen molar-refractivity contribution in [1.82, 2.24) is 14.8 Å². The number of fused-ring (bicyclic) bond motifs is 3. The predicted molar refractivity (Wildman–Crippen MR) is 163 cm³/mol. The second kappa shape index (κ2) is 11.1. The van der Waals surface area contributed by atoms with Crippen LogP contribution in [0.25, 0.3) is 5.69 Å². The van der Waals surface area contributed by atoms with E-state index in [4.69, 9.17) is 4.99 Å². The number of aromatic nitrogens is 3. The summed E-state index contributed by atoms with van der Waals surface area (Å²) in [5.74, 6) is 1.25. The van der Waals surface area contributed by atoms with Gasteiger partial charge in [0.2, 0.25) is 0 Å². The molecular formula is C33H25IN4O2. The molecule has 0 fully saturated rings. The van der Waals surface area contributed by atoms with Crippen molar-refractivity contribution >= 4 is 39.9 Å². The molecule has 1 unspecified atom stereocenters. The van der Waals surface area contributed by atoms with E-state index in [9.17, 15) is 9.59 Å². The quantitative estimate of drug-likeness (QED) is 0.151. The first-order valence-corrected chi connectivity index (χ1v) is 14.1.